The second-order valence-corrected chi connectivity index (χ2v) is 11.7. The molecule has 1 unspecified atom stereocenters. The summed E-state index contributed by atoms with van der Waals surface area (Å²) in [5.74, 6) is -1.30. The highest BCUT2D eigenvalue weighted by molar-refractivity contribution is 5.80. The highest BCUT2D eigenvalue weighted by Crippen LogP contribution is 2.18. The summed E-state index contributed by atoms with van der Waals surface area (Å²) in [5, 5.41) is 11.0. The van der Waals surface area contributed by atoms with Gasteiger partial charge in [0.05, 0.1) is 0 Å². The van der Waals surface area contributed by atoms with E-state index in [0.717, 1.165) is 103 Å². The van der Waals surface area contributed by atoms with E-state index in [1.165, 1.54) is 32.1 Å². The van der Waals surface area contributed by atoms with Crippen LogP contribution in [-0.4, -0.2) is 35.6 Å². The van der Waals surface area contributed by atoms with Crippen LogP contribution in [0.4, 0.5) is 0 Å². The van der Waals surface area contributed by atoms with E-state index in [0.29, 0.717) is 12.8 Å². The lowest BCUT2D eigenvalue weighted by atomic mass is 10.0. The molecule has 6 nitrogen and oxygen atoms in total. The van der Waals surface area contributed by atoms with Crippen molar-refractivity contribution in [2.45, 2.75) is 168 Å². The van der Waals surface area contributed by atoms with Gasteiger partial charge in [0.25, 0.3) is 0 Å². The van der Waals surface area contributed by atoms with Crippen LogP contribution in [0, 0.1) is 0 Å². The molecule has 0 aromatic rings. The third-order valence-electron chi connectivity index (χ3n) is 7.52. The number of ether oxygens (including phenoxy) is 1. The second kappa shape index (κ2) is 33.3. The van der Waals surface area contributed by atoms with Gasteiger partial charge in [0, 0.05) is 12.8 Å². The Labute approximate surface area is 269 Å². The third-order valence-corrected chi connectivity index (χ3v) is 7.52. The van der Waals surface area contributed by atoms with Gasteiger partial charge in [0.1, 0.15) is 12.6 Å². The van der Waals surface area contributed by atoms with Crippen LogP contribution in [0.1, 0.15) is 162 Å². The number of amides is 1. The molecule has 1 amide bonds. The lowest BCUT2D eigenvalue weighted by Crippen LogP contribution is -2.28. The van der Waals surface area contributed by atoms with Gasteiger partial charge in [-0.25, -0.2) is 0 Å². The first-order valence-electron chi connectivity index (χ1n) is 17.8. The molecular formula is C38H65NO5. The first-order chi connectivity index (χ1) is 21.5. The highest BCUT2D eigenvalue weighted by atomic mass is 16.5. The molecule has 0 rings (SSSR count). The number of carboxylic acids is 1. The number of hydrogen-bond acceptors (Lipinski definition) is 4. The van der Waals surface area contributed by atoms with E-state index < -0.39 is 5.97 Å². The van der Waals surface area contributed by atoms with E-state index in [1.807, 2.05) is 0 Å². The number of carbonyl (C=O) groups excluding carboxylic acids is 2. The second-order valence-electron chi connectivity index (χ2n) is 11.7. The van der Waals surface area contributed by atoms with Crippen LogP contribution < -0.4 is 5.32 Å². The number of unbranched alkanes of at least 4 members (excludes halogenated alkanes) is 12. The molecule has 0 aromatic heterocycles. The predicted molar refractivity (Wildman–Crippen MR) is 185 cm³/mol. The van der Waals surface area contributed by atoms with Crippen LogP contribution in [0.5, 0.6) is 0 Å². The van der Waals surface area contributed by atoms with Gasteiger partial charge in [-0.1, -0.05) is 120 Å². The standard InChI is InChI=1S/C38H65NO5/c1-3-5-7-9-11-12-13-14-15-16-17-18-19-20-21-23-29-33-38(43)44-35(30-26-22-10-8-6-4-2)31-27-24-25-28-32-36(40)39-34-37(41)42/h5,7,11-12,14-15,17-18,35H,3-4,6,8-10,13,16,19-34H2,1-2H3,(H,39,40)(H,41,42)/b7-5-,12-11-,15-14-,18-17-. The van der Waals surface area contributed by atoms with Crippen LogP contribution in [-0.2, 0) is 19.1 Å². The lowest BCUT2D eigenvalue weighted by Gasteiger charge is -2.18. The quantitative estimate of drug-likeness (QED) is 0.0460. The molecular weight excluding hydrogens is 550 g/mol. The first kappa shape index (κ1) is 41.4. The van der Waals surface area contributed by atoms with Gasteiger partial charge >= 0.3 is 11.9 Å². The van der Waals surface area contributed by atoms with Gasteiger partial charge in [0.2, 0.25) is 5.91 Å². The summed E-state index contributed by atoms with van der Waals surface area (Å²) in [6.45, 7) is 4.06. The number of carboxylic acid groups (broad SMARTS) is 1. The molecule has 44 heavy (non-hydrogen) atoms. The summed E-state index contributed by atoms with van der Waals surface area (Å²) in [7, 11) is 0. The third kappa shape index (κ3) is 32.3. The van der Waals surface area contributed by atoms with E-state index in [4.69, 9.17) is 9.84 Å². The summed E-state index contributed by atoms with van der Waals surface area (Å²) in [4.78, 5) is 34.8. The van der Waals surface area contributed by atoms with Crippen LogP contribution in [0.2, 0.25) is 0 Å². The zero-order chi connectivity index (χ0) is 32.4. The van der Waals surface area contributed by atoms with Crippen molar-refractivity contribution in [3.63, 3.8) is 0 Å². The van der Waals surface area contributed by atoms with E-state index in [-0.39, 0.29) is 24.5 Å². The van der Waals surface area contributed by atoms with E-state index in [1.54, 1.807) is 0 Å². The topological polar surface area (TPSA) is 92.7 Å². The Kier molecular flexibility index (Phi) is 31.3. The number of aliphatic carboxylic acids is 1. The molecule has 252 valence electrons. The van der Waals surface area contributed by atoms with Gasteiger partial charge in [-0.2, -0.15) is 0 Å². The Morgan fingerprint density at radius 3 is 1.70 bits per heavy atom. The van der Waals surface area contributed by atoms with E-state index in [9.17, 15) is 14.4 Å². The maximum Gasteiger partial charge on any atom is 0.322 e. The van der Waals surface area contributed by atoms with Crippen LogP contribution >= 0.6 is 0 Å². The minimum Gasteiger partial charge on any atom is -0.480 e. The molecule has 0 saturated heterocycles. The smallest absolute Gasteiger partial charge is 0.322 e. The van der Waals surface area contributed by atoms with Crippen molar-refractivity contribution in [1.29, 1.82) is 0 Å². The van der Waals surface area contributed by atoms with Crippen molar-refractivity contribution >= 4 is 17.8 Å². The highest BCUT2D eigenvalue weighted by Gasteiger charge is 2.14. The maximum absolute atomic E-state index is 12.6. The fourth-order valence-corrected chi connectivity index (χ4v) is 4.92. The fourth-order valence-electron chi connectivity index (χ4n) is 4.92. The summed E-state index contributed by atoms with van der Waals surface area (Å²) in [6, 6.07) is 0. The van der Waals surface area contributed by atoms with Crippen molar-refractivity contribution in [3.8, 4) is 0 Å². The van der Waals surface area contributed by atoms with Gasteiger partial charge in [-0.05, 0) is 77.0 Å². The molecule has 0 aliphatic carbocycles. The molecule has 0 spiro atoms. The molecule has 0 heterocycles. The van der Waals surface area contributed by atoms with Crippen LogP contribution in [0.25, 0.3) is 0 Å². The summed E-state index contributed by atoms with van der Waals surface area (Å²) >= 11 is 0. The Balaban J connectivity index is 4.08. The Hall–Kier alpha value is -2.63. The van der Waals surface area contributed by atoms with Gasteiger partial charge in [0.15, 0.2) is 0 Å². The molecule has 0 fully saturated rings. The van der Waals surface area contributed by atoms with E-state index >= 15 is 0 Å². The number of esters is 1. The number of rotatable bonds is 31. The van der Waals surface area contributed by atoms with Crippen molar-refractivity contribution in [1.82, 2.24) is 5.32 Å². The normalized spacial score (nSPS) is 12.6. The molecule has 0 aliphatic rings. The summed E-state index contributed by atoms with van der Waals surface area (Å²) in [6.07, 6.45) is 40.9. The van der Waals surface area contributed by atoms with Gasteiger partial charge in [-0.3, -0.25) is 14.4 Å². The van der Waals surface area contributed by atoms with Gasteiger partial charge < -0.3 is 15.2 Å². The first-order valence-corrected chi connectivity index (χ1v) is 17.8. The molecule has 0 radical (unpaired) electrons. The predicted octanol–water partition coefficient (Wildman–Crippen LogP) is 10.3. The van der Waals surface area contributed by atoms with Crippen LogP contribution in [0.15, 0.2) is 48.6 Å². The van der Waals surface area contributed by atoms with Crippen molar-refractivity contribution in [2.24, 2.45) is 0 Å². The molecule has 0 aliphatic heterocycles. The Morgan fingerprint density at radius 2 is 1.11 bits per heavy atom. The minimum absolute atomic E-state index is 0.00861. The number of nitrogens with one attached hydrogen (secondary N) is 1. The number of hydrogen-bond donors (Lipinski definition) is 2. The average molecular weight is 616 g/mol. The lowest BCUT2D eigenvalue weighted by molar-refractivity contribution is -0.150. The molecule has 0 saturated carbocycles. The van der Waals surface area contributed by atoms with Crippen molar-refractivity contribution in [3.05, 3.63) is 48.6 Å². The maximum atomic E-state index is 12.6. The summed E-state index contributed by atoms with van der Waals surface area (Å²) in [5.41, 5.74) is 0. The largest absolute Gasteiger partial charge is 0.480 e. The van der Waals surface area contributed by atoms with Crippen molar-refractivity contribution < 1.29 is 24.2 Å². The SMILES string of the molecule is CC/C=C\C/C=C\C/C=C\C/C=C\CCCCCCC(=O)OC(CCCCCCCC)CCCCCCC(=O)NCC(=O)O. The van der Waals surface area contributed by atoms with Crippen LogP contribution in [0.3, 0.4) is 0 Å². The molecule has 0 aromatic carbocycles. The summed E-state index contributed by atoms with van der Waals surface area (Å²) < 4.78 is 5.92. The van der Waals surface area contributed by atoms with E-state index in [2.05, 4.69) is 67.8 Å². The fraction of sp³-hybridized carbons (Fsp3) is 0.711. The molecule has 1 atom stereocenters. The molecule has 0 bridgehead atoms. The molecule has 6 heteroatoms. The average Bonchev–Trinajstić information content (AvgIpc) is 3.00. The number of carbonyl (C=O) groups is 3. The zero-order valence-corrected chi connectivity index (χ0v) is 28.2. The molecule has 2 N–H and O–H groups in total. The zero-order valence-electron chi connectivity index (χ0n) is 28.2. The monoisotopic (exact) mass is 615 g/mol. The van der Waals surface area contributed by atoms with Gasteiger partial charge in [-0.15, -0.1) is 0 Å². The minimum atomic E-state index is -1.03. The van der Waals surface area contributed by atoms with Crippen molar-refractivity contribution in [2.75, 3.05) is 6.54 Å². The number of allylic oxidation sites excluding steroid dienone is 8. The Bertz CT molecular complexity index is 814. The Morgan fingerprint density at radius 1 is 0.614 bits per heavy atom.